The van der Waals surface area contributed by atoms with Gasteiger partial charge in [0.2, 0.25) is 0 Å². The number of benzene rings is 10. The van der Waals surface area contributed by atoms with Gasteiger partial charge in [0.05, 0.1) is 22.1 Å². The van der Waals surface area contributed by atoms with E-state index in [1.165, 1.54) is 21.5 Å². The summed E-state index contributed by atoms with van der Waals surface area (Å²) in [6, 6.07) is 79.8. The van der Waals surface area contributed by atoms with Crippen LogP contribution in [0.5, 0.6) is 0 Å². The molecule has 0 amide bonds. The minimum Gasteiger partial charge on any atom is -0.309 e. The minimum atomic E-state index is -3.51. The van der Waals surface area contributed by atoms with Crippen molar-refractivity contribution in [2.45, 2.75) is 0 Å². The van der Waals surface area contributed by atoms with Crippen molar-refractivity contribution in [1.82, 2.24) is 9.13 Å². The molecule has 6 heteroatoms. The van der Waals surface area contributed by atoms with Crippen molar-refractivity contribution in [2.24, 2.45) is 0 Å². The Labute approximate surface area is 381 Å². The first-order valence-electron chi connectivity index (χ1n) is 22.4. The van der Waals surface area contributed by atoms with Crippen LogP contribution in [0.15, 0.2) is 231 Å². The lowest BCUT2D eigenvalue weighted by atomic mass is 9.97. The largest absolute Gasteiger partial charge is 0.309 e. The maximum Gasteiger partial charge on any atom is 0.172 e. The van der Waals surface area contributed by atoms with Crippen LogP contribution in [0.25, 0.3) is 88.4 Å². The normalized spacial score (nSPS) is 14.1. The van der Waals surface area contributed by atoms with Gasteiger partial charge in [0.15, 0.2) is 14.3 Å². The molecule has 0 unspecified atom stereocenters. The second-order valence-corrected chi connectivity index (χ2v) is 22.9. The molecule has 0 N–H and O–H groups in total. The number of fused-ring (bicyclic) bond motifs is 6. The fourth-order valence-electron chi connectivity index (χ4n) is 11.2. The van der Waals surface area contributed by atoms with Crippen LogP contribution in [0.2, 0.25) is 0 Å². The van der Waals surface area contributed by atoms with Gasteiger partial charge >= 0.3 is 0 Å². The topological polar surface area (TPSA) is 44.0 Å². The van der Waals surface area contributed by atoms with Gasteiger partial charge < -0.3 is 18.3 Å². The Bertz CT molecular complexity index is 3690. The Morgan fingerprint density at radius 1 is 0.273 bits per heavy atom. The molecule has 0 bridgehead atoms. The highest BCUT2D eigenvalue weighted by Gasteiger charge is 2.52. The molecule has 0 aliphatic carbocycles. The van der Waals surface area contributed by atoms with Crippen molar-refractivity contribution in [3.63, 3.8) is 0 Å². The zero-order valence-electron chi connectivity index (χ0n) is 35.5. The molecule has 0 atom stereocenters. The van der Waals surface area contributed by atoms with Crippen LogP contribution in [0.1, 0.15) is 0 Å². The summed E-state index contributed by atoms with van der Waals surface area (Å²) in [4.78, 5) is 0. The predicted octanol–water partition coefficient (Wildman–Crippen LogP) is 12.8. The number of para-hydroxylation sites is 4. The van der Waals surface area contributed by atoms with Crippen LogP contribution in [0.4, 0.5) is 0 Å². The molecule has 0 saturated heterocycles. The number of hydrogen-bond donors (Lipinski definition) is 0. The SMILES string of the molecule is O=P1(c2ccccc2)c2cc(-c3cccc(-n4c5ccccc5c5ccccc54)c3)cc3c2-c2c1cc(-c1cccc(-n4c5ccccc5c5ccccc54)c1)cc2P3(=O)c1ccccc1. The average Bonchev–Trinajstić information content (AvgIpc) is 4.07. The smallest absolute Gasteiger partial charge is 0.172 e. The minimum absolute atomic E-state index is 0.754. The summed E-state index contributed by atoms with van der Waals surface area (Å²) >= 11 is 0. The van der Waals surface area contributed by atoms with Crippen LogP contribution in [0, 0.1) is 0 Å². The van der Waals surface area contributed by atoms with Crippen molar-refractivity contribution in [3.05, 3.63) is 231 Å². The van der Waals surface area contributed by atoms with Gasteiger partial charge in [-0.2, -0.15) is 0 Å². The average molecular weight is 881 g/mol. The Morgan fingerprint density at radius 2 is 0.576 bits per heavy atom. The van der Waals surface area contributed by atoms with E-state index in [0.717, 1.165) is 98.6 Å². The van der Waals surface area contributed by atoms with E-state index >= 15 is 9.13 Å². The van der Waals surface area contributed by atoms with Gasteiger partial charge in [-0.05, 0) is 95.1 Å². The van der Waals surface area contributed by atoms with Gasteiger partial charge in [-0.25, -0.2) is 0 Å². The molecule has 2 aromatic heterocycles. The summed E-state index contributed by atoms with van der Waals surface area (Å²) in [6.07, 6.45) is 0. The third-order valence-corrected chi connectivity index (χ3v) is 20.3. The first-order valence-corrected chi connectivity index (χ1v) is 25.8. The Hall–Kier alpha value is -7.74. The number of nitrogens with zero attached hydrogens (tertiary/aromatic N) is 2. The third kappa shape index (κ3) is 5.06. The van der Waals surface area contributed by atoms with Crippen LogP contribution < -0.4 is 31.8 Å². The lowest BCUT2D eigenvalue weighted by molar-refractivity contribution is 0.592. The van der Waals surface area contributed by atoms with Crippen LogP contribution >= 0.6 is 14.3 Å². The predicted molar refractivity (Wildman–Crippen MR) is 277 cm³/mol. The van der Waals surface area contributed by atoms with Crippen molar-refractivity contribution in [3.8, 4) is 44.8 Å². The molecule has 66 heavy (non-hydrogen) atoms. The van der Waals surface area contributed by atoms with Gasteiger partial charge in [-0.15, -0.1) is 0 Å². The molecule has 2 aliphatic heterocycles. The van der Waals surface area contributed by atoms with E-state index < -0.39 is 14.3 Å². The summed E-state index contributed by atoms with van der Waals surface area (Å²) in [5, 5.41) is 9.34. The highest BCUT2D eigenvalue weighted by molar-refractivity contribution is 7.90. The van der Waals surface area contributed by atoms with E-state index in [2.05, 4.69) is 179 Å². The third-order valence-electron chi connectivity index (χ3n) is 14.1. The van der Waals surface area contributed by atoms with E-state index in [1.54, 1.807) is 0 Å². The van der Waals surface area contributed by atoms with Crippen molar-refractivity contribution >= 4 is 89.7 Å². The molecule has 0 radical (unpaired) electrons. The van der Waals surface area contributed by atoms with Gasteiger partial charge in [-0.3, -0.25) is 0 Å². The van der Waals surface area contributed by atoms with Gasteiger partial charge in [0.25, 0.3) is 0 Å². The summed E-state index contributed by atoms with van der Waals surface area (Å²) < 4.78 is 38.1. The van der Waals surface area contributed by atoms with Crippen molar-refractivity contribution in [1.29, 1.82) is 0 Å². The number of rotatable bonds is 6. The maximum absolute atomic E-state index is 16.7. The molecule has 12 aromatic rings. The molecule has 0 spiro atoms. The first-order chi connectivity index (χ1) is 32.5. The summed E-state index contributed by atoms with van der Waals surface area (Å²) in [7, 11) is -7.03. The van der Waals surface area contributed by atoms with E-state index in [4.69, 9.17) is 0 Å². The monoisotopic (exact) mass is 880 g/mol. The van der Waals surface area contributed by atoms with E-state index in [0.29, 0.717) is 0 Å². The molecule has 0 fully saturated rings. The maximum atomic E-state index is 16.7. The lowest BCUT2D eigenvalue weighted by Gasteiger charge is -2.24. The van der Waals surface area contributed by atoms with Gasteiger partial charge in [0, 0.05) is 75.9 Å². The molecular weight excluding hydrogens is 843 g/mol. The Balaban J connectivity index is 1.01. The van der Waals surface area contributed by atoms with E-state index in [1.807, 2.05) is 60.7 Å². The molecule has 310 valence electrons. The number of aromatic nitrogens is 2. The molecule has 4 heterocycles. The van der Waals surface area contributed by atoms with Crippen molar-refractivity contribution < 1.29 is 9.13 Å². The van der Waals surface area contributed by atoms with Crippen LogP contribution in [0.3, 0.4) is 0 Å². The summed E-state index contributed by atoms with van der Waals surface area (Å²) in [5.74, 6) is 0. The van der Waals surface area contributed by atoms with Gasteiger partial charge in [-0.1, -0.05) is 158 Å². The van der Waals surface area contributed by atoms with Crippen molar-refractivity contribution in [2.75, 3.05) is 0 Å². The standard InChI is InChI=1S/C60H38N2O2P2/c63-65(45-21-3-1-4-22-45)55-35-41(39-17-15-19-43(33-39)61-51-29-11-7-25-47(51)48-26-8-12-30-52(48)61)37-57-59(55)60-56(65)36-42(38-58(60)66(57,64)46-23-5-2-6-24-46)40-18-16-20-44(34-40)62-53-31-13-9-27-49(53)50-28-10-14-32-54(50)62/h1-38H. The van der Waals surface area contributed by atoms with Crippen LogP contribution in [-0.2, 0) is 9.13 Å². The van der Waals surface area contributed by atoms with E-state index in [-0.39, 0.29) is 0 Å². The molecule has 4 nitrogen and oxygen atoms in total. The second kappa shape index (κ2) is 13.9. The van der Waals surface area contributed by atoms with E-state index in [9.17, 15) is 0 Å². The zero-order valence-corrected chi connectivity index (χ0v) is 37.3. The summed E-state index contributed by atoms with van der Waals surface area (Å²) in [6.45, 7) is 0. The van der Waals surface area contributed by atoms with Crippen LogP contribution in [-0.4, -0.2) is 9.13 Å². The first kappa shape index (κ1) is 37.6. The molecular formula is C60H38N2O2P2. The Morgan fingerprint density at radius 3 is 0.909 bits per heavy atom. The quantitative estimate of drug-likeness (QED) is 0.156. The molecule has 14 rings (SSSR count). The molecule has 0 saturated carbocycles. The fraction of sp³-hybridized carbons (Fsp3) is 0. The highest BCUT2D eigenvalue weighted by atomic mass is 31.2. The van der Waals surface area contributed by atoms with Gasteiger partial charge in [0.1, 0.15) is 0 Å². The highest BCUT2D eigenvalue weighted by Crippen LogP contribution is 2.62. The number of hydrogen-bond acceptors (Lipinski definition) is 2. The zero-order chi connectivity index (χ0) is 43.7. The Kier molecular flexibility index (Phi) is 7.91. The molecule has 10 aromatic carbocycles. The summed E-state index contributed by atoms with van der Waals surface area (Å²) in [5.41, 5.74) is 12.0. The second-order valence-electron chi connectivity index (χ2n) is 17.5. The molecule has 2 aliphatic rings. The fourth-order valence-corrected chi connectivity index (χ4v) is 17.7. The lowest BCUT2D eigenvalue weighted by Crippen LogP contribution is -2.28.